The van der Waals surface area contributed by atoms with Crippen molar-refractivity contribution in [2.75, 3.05) is 18.4 Å². The van der Waals surface area contributed by atoms with Gasteiger partial charge in [-0.3, -0.25) is 4.79 Å². The molecule has 7 heteroatoms. The molecule has 0 radical (unpaired) electrons. The number of nitrogens with one attached hydrogen (secondary N) is 1. The first-order chi connectivity index (χ1) is 12.8. The Hall–Kier alpha value is -1.83. The van der Waals surface area contributed by atoms with Crippen LogP contribution in [0.4, 0.5) is 5.69 Å². The van der Waals surface area contributed by atoms with E-state index in [9.17, 15) is 13.2 Å². The Balaban J connectivity index is 2.03. The maximum absolute atomic E-state index is 12.5. The second-order valence-electron chi connectivity index (χ2n) is 6.18. The zero-order chi connectivity index (χ0) is 20.0. The third-order valence-electron chi connectivity index (χ3n) is 4.17. The highest BCUT2D eigenvalue weighted by Gasteiger charge is 2.21. The molecule has 0 spiro atoms. The highest BCUT2D eigenvalue weighted by molar-refractivity contribution is 8.00. The van der Waals surface area contributed by atoms with Gasteiger partial charge in [0.1, 0.15) is 0 Å². The fourth-order valence-electron chi connectivity index (χ4n) is 2.54. The largest absolute Gasteiger partial charge is 0.325 e. The zero-order valence-corrected chi connectivity index (χ0v) is 17.7. The van der Waals surface area contributed by atoms with Gasteiger partial charge in [-0.25, -0.2) is 8.42 Å². The van der Waals surface area contributed by atoms with Gasteiger partial charge in [-0.05, 0) is 50.2 Å². The van der Waals surface area contributed by atoms with Crippen LogP contribution in [0.1, 0.15) is 26.3 Å². The molecule has 146 valence electrons. The summed E-state index contributed by atoms with van der Waals surface area (Å²) in [4.78, 5) is 13.7. The van der Waals surface area contributed by atoms with Gasteiger partial charge in [-0.1, -0.05) is 31.5 Å². The second-order valence-corrected chi connectivity index (χ2v) is 9.53. The van der Waals surface area contributed by atoms with Crippen LogP contribution in [0, 0.1) is 6.92 Å². The number of anilines is 1. The number of hydrogen-bond donors (Lipinski definition) is 1. The average Bonchev–Trinajstić information content (AvgIpc) is 2.64. The Morgan fingerprint density at radius 2 is 1.59 bits per heavy atom. The van der Waals surface area contributed by atoms with Crippen molar-refractivity contribution in [2.45, 2.75) is 42.7 Å². The summed E-state index contributed by atoms with van der Waals surface area (Å²) >= 11 is 1.48. The van der Waals surface area contributed by atoms with Crippen molar-refractivity contribution in [3.63, 3.8) is 0 Å². The topological polar surface area (TPSA) is 66.5 Å². The highest BCUT2D eigenvalue weighted by Crippen LogP contribution is 2.25. The van der Waals surface area contributed by atoms with Gasteiger partial charge >= 0.3 is 0 Å². The van der Waals surface area contributed by atoms with Gasteiger partial charge in [0.2, 0.25) is 15.9 Å². The number of benzene rings is 2. The Kier molecular flexibility index (Phi) is 7.47. The predicted octanol–water partition coefficient (Wildman–Crippen LogP) is 4.14. The number of carbonyl (C=O) groups is 1. The first-order valence-electron chi connectivity index (χ1n) is 8.92. The summed E-state index contributed by atoms with van der Waals surface area (Å²) in [5.74, 6) is -0.125. The van der Waals surface area contributed by atoms with E-state index in [4.69, 9.17) is 0 Å². The van der Waals surface area contributed by atoms with E-state index >= 15 is 0 Å². The summed E-state index contributed by atoms with van der Waals surface area (Å²) in [5, 5.41) is 2.57. The molecular weight excluding hydrogens is 380 g/mol. The van der Waals surface area contributed by atoms with Crippen LogP contribution < -0.4 is 5.32 Å². The molecule has 0 bridgehead atoms. The molecule has 2 aromatic carbocycles. The van der Waals surface area contributed by atoms with E-state index in [0.717, 1.165) is 4.90 Å². The van der Waals surface area contributed by atoms with Crippen LogP contribution in [0.15, 0.2) is 58.3 Å². The van der Waals surface area contributed by atoms with Crippen LogP contribution in [0.3, 0.4) is 0 Å². The lowest BCUT2D eigenvalue weighted by atomic mass is 10.2. The Bertz CT molecular complexity index is 859. The summed E-state index contributed by atoms with van der Waals surface area (Å²) in [6.07, 6.45) is 0. The van der Waals surface area contributed by atoms with Crippen LogP contribution in [0.2, 0.25) is 0 Å². The summed E-state index contributed by atoms with van der Waals surface area (Å²) in [6.45, 7) is 8.33. The first kappa shape index (κ1) is 21.5. The lowest BCUT2D eigenvalue weighted by Crippen LogP contribution is -2.30. The van der Waals surface area contributed by atoms with Gasteiger partial charge in [0, 0.05) is 23.7 Å². The molecule has 1 atom stereocenters. The number of rotatable bonds is 8. The van der Waals surface area contributed by atoms with Crippen molar-refractivity contribution in [1.29, 1.82) is 0 Å². The average molecular weight is 407 g/mol. The van der Waals surface area contributed by atoms with Gasteiger partial charge < -0.3 is 5.32 Å². The van der Waals surface area contributed by atoms with Gasteiger partial charge in [-0.2, -0.15) is 4.31 Å². The molecule has 0 aliphatic rings. The number of aryl methyl sites for hydroxylation is 1. The van der Waals surface area contributed by atoms with Crippen LogP contribution in [-0.4, -0.2) is 37.0 Å². The number of amides is 1. The van der Waals surface area contributed by atoms with Crippen molar-refractivity contribution in [3.05, 3.63) is 54.1 Å². The van der Waals surface area contributed by atoms with Crippen LogP contribution in [0.25, 0.3) is 0 Å². The van der Waals surface area contributed by atoms with E-state index < -0.39 is 10.0 Å². The molecule has 0 aliphatic heterocycles. The lowest BCUT2D eigenvalue weighted by molar-refractivity contribution is -0.115. The van der Waals surface area contributed by atoms with E-state index in [0.29, 0.717) is 18.8 Å². The quantitative estimate of drug-likeness (QED) is 0.669. The van der Waals surface area contributed by atoms with Gasteiger partial charge in [0.05, 0.1) is 10.1 Å². The summed E-state index contributed by atoms with van der Waals surface area (Å²) in [7, 11) is -3.49. The van der Waals surface area contributed by atoms with Crippen molar-refractivity contribution in [3.8, 4) is 0 Å². The molecular formula is C20H26N2O3S2. The van der Waals surface area contributed by atoms with E-state index in [2.05, 4.69) is 5.32 Å². The van der Waals surface area contributed by atoms with Crippen molar-refractivity contribution >= 4 is 33.4 Å². The minimum atomic E-state index is -3.49. The SMILES string of the molecule is CCN(CC)S(=O)(=O)c1ccc(NC(=O)C(C)Sc2ccc(C)cc2)cc1. The molecule has 2 aromatic rings. The van der Waals surface area contributed by atoms with Crippen molar-refractivity contribution in [2.24, 2.45) is 0 Å². The molecule has 0 saturated heterocycles. The van der Waals surface area contributed by atoms with Crippen LogP contribution in [0.5, 0.6) is 0 Å². The molecule has 0 fully saturated rings. The number of carbonyl (C=O) groups excluding carboxylic acids is 1. The van der Waals surface area contributed by atoms with Crippen LogP contribution in [-0.2, 0) is 14.8 Å². The Morgan fingerprint density at radius 1 is 1.04 bits per heavy atom. The molecule has 27 heavy (non-hydrogen) atoms. The number of nitrogens with zero attached hydrogens (tertiary/aromatic N) is 1. The maximum atomic E-state index is 12.5. The Labute approximate surface area is 166 Å². The number of thioether (sulfide) groups is 1. The highest BCUT2D eigenvalue weighted by atomic mass is 32.2. The number of sulfonamides is 1. The lowest BCUT2D eigenvalue weighted by Gasteiger charge is -2.18. The molecule has 1 amide bonds. The first-order valence-corrected chi connectivity index (χ1v) is 11.2. The maximum Gasteiger partial charge on any atom is 0.243 e. The van der Waals surface area contributed by atoms with Crippen molar-refractivity contribution in [1.82, 2.24) is 4.31 Å². The molecule has 2 rings (SSSR count). The van der Waals surface area contributed by atoms with E-state index in [1.165, 1.54) is 33.8 Å². The fraction of sp³-hybridized carbons (Fsp3) is 0.350. The normalized spacial score (nSPS) is 12.8. The zero-order valence-electron chi connectivity index (χ0n) is 16.1. The summed E-state index contributed by atoms with van der Waals surface area (Å²) in [6, 6.07) is 14.3. The fourth-order valence-corrected chi connectivity index (χ4v) is 4.87. The van der Waals surface area contributed by atoms with Crippen molar-refractivity contribution < 1.29 is 13.2 Å². The number of hydrogen-bond acceptors (Lipinski definition) is 4. The van der Waals surface area contributed by atoms with E-state index in [1.54, 1.807) is 12.1 Å². The summed E-state index contributed by atoms with van der Waals surface area (Å²) < 4.78 is 26.4. The molecule has 5 nitrogen and oxygen atoms in total. The smallest absolute Gasteiger partial charge is 0.243 e. The summed E-state index contributed by atoms with van der Waals surface area (Å²) in [5.41, 5.74) is 1.76. The van der Waals surface area contributed by atoms with E-state index in [1.807, 2.05) is 52.0 Å². The Morgan fingerprint density at radius 3 is 2.11 bits per heavy atom. The third kappa shape index (κ3) is 5.57. The molecule has 0 heterocycles. The van der Waals surface area contributed by atoms with Gasteiger partial charge in [0.15, 0.2) is 0 Å². The van der Waals surface area contributed by atoms with E-state index in [-0.39, 0.29) is 16.1 Å². The molecule has 0 aromatic heterocycles. The molecule has 1 unspecified atom stereocenters. The minimum absolute atomic E-state index is 0.125. The van der Waals surface area contributed by atoms with Gasteiger partial charge in [0.25, 0.3) is 0 Å². The monoisotopic (exact) mass is 406 g/mol. The molecule has 1 N–H and O–H groups in total. The standard InChI is InChI=1S/C20H26N2O3S2/c1-5-22(6-2)27(24,25)19-13-9-17(10-14-19)21-20(23)16(4)26-18-11-7-15(3)8-12-18/h7-14,16H,5-6H2,1-4H3,(H,21,23). The second kappa shape index (κ2) is 9.39. The van der Waals surface area contributed by atoms with Gasteiger partial charge in [-0.15, -0.1) is 11.8 Å². The van der Waals surface area contributed by atoms with Crippen LogP contribution >= 0.6 is 11.8 Å². The third-order valence-corrected chi connectivity index (χ3v) is 7.34. The molecule has 0 aliphatic carbocycles. The minimum Gasteiger partial charge on any atom is -0.325 e. The molecule has 0 saturated carbocycles. The predicted molar refractivity (Wildman–Crippen MR) is 112 cm³/mol.